The van der Waals surface area contributed by atoms with Crippen molar-refractivity contribution in [3.63, 3.8) is 0 Å². The van der Waals surface area contributed by atoms with E-state index in [2.05, 4.69) is 24.0 Å². The summed E-state index contributed by atoms with van der Waals surface area (Å²) in [6, 6.07) is 0.578. The minimum absolute atomic E-state index is 0.0711. The summed E-state index contributed by atoms with van der Waals surface area (Å²) < 4.78 is 1.90. The van der Waals surface area contributed by atoms with Crippen molar-refractivity contribution >= 4 is 5.82 Å². The zero-order chi connectivity index (χ0) is 13.3. The molecular weight excluding hydrogens is 226 g/mol. The maximum Gasteiger partial charge on any atom is 0.132 e. The van der Waals surface area contributed by atoms with Gasteiger partial charge in [0.2, 0.25) is 0 Å². The van der Waals surface area contributed by atoms with Crippen LogP contribution in [0.2, 0.25) is 0 Å². The number of anilines is 1. The van der Waals surface area contributed by atoms with E-state index in [9.17, 15) is 5.11 Å². The highest BCUT2D eigenvalue weighted by Gasteiger charge is 2.26. The molecule has 0 spiro atoms. The summed E-state index contributed by atoms with van der Waals surface area (Å²) in [6.45, 7) is 4.37. The topological polar surface area (TPSA) is 41.3 Å². The van der Waals surface area contributed by atoms with Crippen molar-refractivity contribution < 1.29 is 5.11 Å². The molecule has 1 saturated carbocycles. The van der Waals surface area contributed by atoms with Crippen LogP contribution in [0.1, 0.15) is 43.9 Å². The average molecular weight is 251 g/mol. The molecule has 2 rings (SSSR count). The molecule has 4 heteroatoms. The van der Waals surface area contributed by atoms with Crippen LogP contribution < -0.4 is 4.90 Å². The predicted molar refractivity (Wildman–Crippen MR) is 73.7 cm³/mol. The second-order valence-electron chi connectivity index (χ2n) is 5.71. The Bertz CT molecular complexity index is 413. The van der Waals surface area contributed by atoms with E-state index in [1.54, 1.807) is 0 Å². The van der Waals surface area contributed by atoms with E-state index in [0.717, 1.165) is 23.0 Å². The molecule has 1 aliphatic rings. The smallest absolute Gasteiger partial charge is 0.132 e. The molecule has 0 aromatic carbocycles. The lowest BCUT2D eigenvalue weighted by atomic mass is 9.86. The molecule has 18 heavy (non-hydrogen) atoms. The molecule has 1 fully saturated rings. The van der Waals surface area contributed by atoms with E-state index in [0.29, 0.717) is 6.04 Å². The molecule has 1 heterocycles. The highest BCUT2D eigenvalue weighted by Crippen LogP contribution is 2.31. The van der Waals surface area contributed by atoms with E-state index in [-0.39, 0.29) is 6.61 Å². The third-order valence-electron chi connectivity index (χ3n) is 4.26. The third-order valence-corrected chi connectivity index (χ3v) is 4.26. The van der Waals surface area contributed by atoms with Crippen molar-refractivity contribution in [3.8, 4) is 0 Å². The summed E-state index contributed by atoms with van der Waals surface area (Å²) in [5.74, 6) is 1.88. The van der Waals surface area contributed by atoms with Gasteiger partial charge in [-0.15, -0.1) is 0 Å². The van der Waals surface area contributed by atoms with Gasteiger partial charge in [-0.05, 0) is 25.7 Å². The van der Waals surface area contributed by atoms with Crippen LogP contribution in [-0.2, 0) is 13.7 Å². The Morgan fingerprint density at radius 2 is 2.17 bits per heavy atom. The monoisotopic (exact) mass is 251 g/mol. The second kappa shape index (κ2) is 5.31. The Labute approximate surface area is 110 Å². The molecule has 0 aliphatic heterocycles. The minimum Gasteiger partial charge on any atom is -0.391 e. The summed E-state index contributed by atoms with van der Waals surface area (Å²) in [6.07, 6.45) is 5.14. The van der Waals surface area contributed by atoms with Gasteiger partial charge in [0.25, 0.3) is 0 Å². The first kappa shape index (κ1) is 13.4. The Kier molecular flexibility index (Phi) is 3.95. The fourth-order valence-electron chi connectivity index (χ4n) is 3.24. The molecule has 2 unspecified atom stereocenters. The van der Waals surface area contributed by atoms with Crippen molar-refractivity contribution in [1.82, 2.24) is 9.78 Å². The number of hydrogen-bond acceptors (Lipinski definition) is 3. The summed E-state index contributed by atoms with van der Waals surface area (Å²) in [4.78, 5) is 2.32. The summed E-state index contributed by atoms with van der Waals surface area (Å²) >= 11 is 0. The molecule has 4 nitrogen and oxygen atoms in total. The molecule has 1 N–H and O–H groups in total. The second-order valence-corrected chi connectivity index (χ2v) is 5.71. The zero-order valence-electron chi connectivity index (χ0n) is 12.0. The van der Waals surface area contributed by atoms with Crippen LogP contribution in [0.25, 0.3) is 0 Å². The standard InChI is InChI=1S/C14H25N3O/c1-10-6-5-7-12(8-10)16(3)14-13(9-18)11(2)15-17(14)4/h10,12,18H,5-9H2,1-4H3. The number of aryl methyl sites for hydroxylation is 2. The van der Waals surface area contributed by atoms with Crippen LogP contribution in [-0.4, -0.2) is 28.0 Å². The van der Waals surface area contributed by atoms with Gasteiger partial charge in [-0.2, -0.15) is 5.10 Å². The van der Waals surface area contributed by atoms with Gasteiger partial charge < -0.3 is 10.0 Å². The van der Waals surface area contributed by atoms with E-state index < -0.39 is 0 Å². The fourth-order valence-corrected chi connectivity index (χ4v) is 3.24. The summed E-state index contributed by atoms with van der Waals surface area (Å²) in [7, 11) is 4.10. The molecule has 102 valence electrons. The van der Waals surface area contributed by atoms with Gasteiger partial charge in [0.1, 0.15) is 5.82 Å². The number of aliphatic hydroxyl groups is 1. The first-order valence-corrected chi connectivity index (χ1v) is 6.90. The first-order valence-electron chi connectivity index (χ1n) is 6.90. The number of aromatic nitrogens is 2. The maximum absolute atomic E-state index is 9.53. The van der Waals surface area contributed by atoms with E-state index in [1.165, 1.54) is 25.7 Å². The molecule has 0 saturated heterocycles. The lowest BCUT2D eigenvalue weighted by molar-refractivity contribution is 0.280. The number of hydrogen-bond donors (Lipinski definition) is 1. The van der Waals surface area contributed by atoms with Gasteiger partial charge in [0, 0.05) is 25.7 Å². The number of rotatable bonds is 3. The Balaban J connectivity index is 2.24. The zero-order valence-corrected chi connectivity index (χ0v) is 12.0. The van der Waals surface area contributed by atoms with Crippen LogP contribution in [0.3, 0.4) is 0 Å². The SMILES string of the molecule is Cc1nn(C)c(N(C)C2CCCC(C)C2)c1CO. The van der Waals surface area contributed by atoms with Gasteiger partial charge in [-0.1, -0.05) is 19.8 Å². The maximum atomic E-state index is 9.53. The average Bonchev–Trinajstić information content (AvgIpc) is 2.62. The Morgan fingerprint density at radius 3 is 2.78 bits per heavy atom. The van der Waals surface area contributed by atoms with E-state index in [4.69, 9.17) is 0 Å². The lowest BCUT2D eigenvalue weighted by Gasteiger charge is -2.35. The predicted octanol–water partition coefficient (Wildman–Crippen LogP) is 2.24. The molecule has 1 aliphatic carbocycles. The molecule has 0 radical (unpaired) electrons. The Hall–Kier alpha value is -1.03. The highest BCUT2D eigenvalue weighted by atomic mass is 16.3. The molecule has 0 amide bonds. The molecule has 1 aromatic rings. The Morgan fingerprint density at radius 1 is 1.44 bits per heavy atom. The van der Waals surface area contributed by atoms with Gasteiger partial charge in [0.05, 0.1) is 12.3 Å². The number of nitrogens with zero attached hydrogens (tertiary/aromatic N) is 3. The van der Waals surface area contributed by atoms with Crippen molar-refractivity contribution in [2.45, 2.75) is 52.2 Å². The van der Waals surface area contributed by atoms with Crippen LogP contribution in [0, 0.1) is 12.8 Å². The van der Waals surface area contributed by atoms with Gasteiger partial charge >= 0.3 is 0 Å². The first-order chi connectivity index (χ1) is 8.54. The lowest BCUT2D eigenvalue weighted by Crippen LogP contribution is -2.37. The van der Waals surface area contributed by atoms with Crippen molar-refractivity contribution in [2.75, 3.05) is 11.9 Å². The largest absolute Gasteiger partial charge is 0.391 e. The molecule has 2 atom stereocenters. The molecular formula is C14H25N3O. The molecule has 0 bridgehead atoms. The van der Waals surface area contributed by atoms with Gasteiger partial charge in [-0.25, -0.2) is 0 Å². The van der Waals surface area contributed by atoms with Gasteiger partial charge in [0.15, 0.2) is 0 Å². The number of aliphatic hydroxyl groups excluding tert-OH is 1. The quantitative estimate of drug-likeness (QED) is 0.895. The van der Waals surface area contributed by atoms with E-state index in [1.807, 2.05) is 18.7 Å². The van der Waals surface area contributed by atoms with Gasteiger partial charge in [-0.3, -0.25) is 4.68 Å². The fraction of sp³-hybridized carbons (Fsp3) is 0.786. The van der Waals surface area contributed by atoms with E-state index >= 15 is 0 Å². The summed E-state index contributed by atoms with van der Waals surface area (Å²) in [5, 5.41) is 14.0. The van der Waals surface area contributed by atoms with Crippen molar-refractivity contribution in [1.29, 1.82) is 0 Å². The van der Waals surface area contributed by atoms with Crippen molar-refractivity contribution in [2.24, 2.45) is 13.0 Å². The molecule has 1 aromatic heterocycles. The summed E-state index contributed by atoms with van der Waals surface area (Å²) in [5.41, 5.74) is 1.91. The van der Waals surface area contributed by atoms with Crippen LogP contribution >= 0.6 is 0 Å². The van der Waals surface area contributed by atoms with Crippen molar-refractivity contribution in [3.05, 3.63) is 11.3 Å². The van der Waals surface area contributed by atoms with Crippen LogP contribution in [0.5, 0.6) is 0 Å². The van der Waals surface area contributed by atoms with Crippen LogP contribution in [0.4, 0.5) is 5.82 Å². The third kappa shape index (κ3) is 2.39. The van der Waals surface area contributed by atoms with Crippen LogP contribution in [0.15, 0.2) is 0 Å². The minimum atomic E-state index is 0.0711. The highest BCUT2D eigenvalue weighted by molar-refractivity contribution is 5.50. The normalized spacial score (nSPS) is 24.3.